The maximum atomic E-state index is 12.4. The van der Waals surface area contributed by atoms with Crippen molar-refractivity contribution >= 4 is 22.6 Å². The van der Waals surface area contributed by atoms with Crippen molar-refractivity contribution < 1.29 is 9.90 Å². The van der Waals surface area contributed by atoms with Gasteiger partial charge in [-0.05, 0) is 43.5 Å². The fourth-order valence-electron chi connectivity index (χ4n) is 2.81. The number of anilines is 1. The number of hydrogen-bond donors (Lipinski definition) is 2. The molecule has 0 aliphatic carbocycles. The molecule has 2 aromatic rings. The first kappa shape index (κ1) is 13.8. The molecule has 1 saturated heterocycles. The molecule has 1 aromatic heterocycles. The van der Waals surface area contributed by atoms with E-state index in [1.54, 1.807) is 11.1 Å². The summed E-state index contributed by atoms with van der Waals surface area (Å²) in [7, 11) is 0. The van der Waals surface area contributed by atoms with Gasteiger partial charge in [0.2, 0.25) is 0 Å². The molecule has 3 rings (SSSR count). The summed E-state index contributed by atoms with van der Waals surface area (Å²) in [4.78, 5) is 18.4. The van der Waals surface area contributed by atoms with E-state index in [0.29, 0.717) is 6.54 Å². The van der Waals surface area contributed by atoms with Crippen LogP contribution < -0.4 is 5.32 Å². The molecule has 1 unspecified atom stereocenters. The van der Waals surface area contributed by atoms with E-state index < -0.39 is 0 Å². The SMILES string of the molecule is O=C(Nc1ccc2ncccc2c1)N1CCCCC1CO. The van der Waals surface area contributed by atoms with Gasteiger partial charge in [0.05, 0.1) is 18.2 Å². The Morgan fingerprint density at radius 1 is 1.38 bits per heavy atom. The van der Waals surface area contributed by atoms with Crippen LogP contribution in [0.3, 0.4) is 0 Å². The number of nitrogens with zero attached hydrogens (tertiary/aromatic N) is 2. The number of urea groups is 1. The highest BCUT2D eigenvalue weighted by atomic mass is 16.3. The quantitative estimate of drug-likeness (QED) is 0.891. The first-order valence-corrected chi connectivity index (χ1v) is 7.31. The summed E-state index contributed by atoms with van der Waals surface area (Å²) in [5, 5.41) is 13.3. The highest BCUT2D eigenvalue weighted by molar-refractivity contribution is 5.92. The number of fused-ring (bicyclic) bond motifs is 1. The second-order valence-electron chi connectivity index (χ2n) is 5.37. The molecule has 1 aromatic carbocycles. The molecule has 5 heteroatoms. The second kappa shape index (κ2) is 6.10. The minimum absolute atomic E-state index is 0.0229. The minimum Gasteiger partial charge on any atom is -0.394 e. The summed E-state index contributed by atoms with van der Waals surface area (Å²) in [5.74, 6) is 0. The van der Waals surface area contributed by atoms with E-state index in [0.717, 1.165) is 35.9 Å². The molecule has 5 nitrogen and oxygen atoms in total. The van der Waals surface area contributed by atoms with Crippen molar-refractivity contribution in [3.8, 4) is 0 Å². The zero-order valence-electron chi connectivity index (χ0n) is 11.8. The Kier molecular flexibility index (Phi) is 4.01. The number of amides is 2. The van der Waals surface area contributed by atoms with Crippen LogP contribution in [0.5, 0.6) is 0 Å². The van der Waals surface area contributed by atoms with Crippen LogP contribution >= 0.6 is 0 Å². The minimum atomic E-state index is -0.142. The van der Waals surface area contributed by atoms with Crippen LogP contribution in [0, 0.1) is 0 Å². The van der Waals surface area contributed by atoms with Crippen molar-refractivity contribution in [3.63, 3.8) is 0 Å². The number of nitrogens with one attached hydrogen (secondary N) is 1. The second-order valence-corrected chi connectivity index (χ2v) is 5.37. The van der Waals surface area contributed by atoms with Crippen molar-refractivity contribution in [3.05, 3.63) is 36.5 Å². The molecule has 0 spiro atoms. The van der Waals surface area contributed by atoms with Crippen molar-refractivity contribution in [2.75, 3.05) is 18.5 Å². The van der Waals surface area contributed by atoms with Crippen LogP contribution in [0.25, 0.3) is 10.9 Å². The Bertz CT molecular complexity index is 644. The molecule has 110 valence electrons. The fraction of sp³-hybridized carbons (Fsp3) is 0.375. The van der Waals surface area contributed by atoms with Crippen molar-refractivity contribution in [1.29, 1.82) is 0 Å². The third kappa shape index (κ3) is 2.97. The third-order valence-corrected chi connectivity index (χ3v) is 3.95. The van der Waals surface area contributed by atoms with E-state index in [9.17, 15) is 9.90 Å². The van der Waals surface area contributed by atoms with Gasteiger partial charge in [0, 0.05) is 23.8 Å². The number of aliphatic hydroxyl groups excluding tert-OH is 1. The summed E-state index contributed by atoms with van der Waals surface area (Å²) in [6.45, 7) is 0.723. The molecule has 1 fully saturated rings. The Morgan fingerprint density at radius 3 is 3.14 bits per heavy atom. The van der Waals surface area contributed by atoms with Gasteiger partial charge in [-0.2, -0.15) is 0 Å². The van der Waals surface area contributed by atoms with Gasteiger partial charge in [-0.25, -0.2) is 4.79 Å². The average Bonchev–Trinajstić information content (AvgIpc) is 2.54. The highest BCUT2D eigenvalue weighted by Gasteiger charge is 2.25. The van der Waals surface area contributed by atoms with E-state index in [4.69, 9.17) is 0 Å². The summed E-state index contributed by atoms with van der Waals surface area (Å²) in [6, 6.07) is 9.29. The smallest absolute Gasteiger partial charge is 0.322 e. The molecule has 1 atom stereocenters. The number of carbonyl (C=O) groups is 1. The molecular weight excluding hydrogens is 266 g/mol. The summed E-state index contributed by atoms with van der Waals surface area (Å²) in [5.41, 5.74) is 1.66. The van der Waals surface area contributed by atoms with Crippen LogP contribution in [-0.2, 0) is 0 Å². The lowest BCUT2D eigenvalue weighted by molar-refractivity contribution is 0.115. The number of aliphatic hydroxyl groups is 1. The van der Waals surface area contributed by atoms with Crippen molar-refractivity contribution in [2.45, 2.75) is 25.3 Å². The van der Waals surface area contributed by atoms with Gasteiger partial charge in [0.15, 0.2) is 0 Å². The number of aromatic nitrogens is 1. The van der Waals surface area contributed by atoms with Crippen molar-refractivity contribution in [2.24, 2.45) is 0 Å². The Labute approximate surface area is 123 Å². The van der Waals surface area contributed by atoms with E-state index in [-0.39, 0.29) is 18.7 Å². The van der Waals surface area contributed by atoms with E-state index >= 15 is 0 Å². The number of likely N-dealkylation sites (tertiary alicyclic amines) is 1. The normalized spacial score (nSPS) is 18.7. The monoisotopic (exact) mass is 285 g/mol. The van der Waals surface area contributed by atoms with Crippen LogP contribution in [0.1, 0.15) is 19.3 Å². The maximum Gasteiger partial charge on any atom is 0.322 e. The Balaban J connectivity index is 1.76. The number of rotatable bonds is 2. The highest BCUT2D eigenvalue weighted by Crippen LogP contribution is 2.20. The van der Waals surface area contributed by atoms with Crippen molar-refractivity contribution in [1.82, 2.24) is 9.88 Å². The molecule has 2 heterocycles. The molecule has 1 aliphatic heterocycles. The maximum absolute atomic E-state index is 12.4. The molecule has 0 radical (unpaired) electrons. The van der Waals surface area contributed by atoms with Crippen LogP contribution in [0.4, 0.5) is 10.5 Å². The van der Waals surface area contributed by atoms with Gasteiger partial charge < -0.3 is 15.3 Å². The molecule has 1 aliphatic rings. The van der Waals surface area contributed by atoms with Crippen LogP contribution in [-0.4, -0.2) is 40.2 Å². The van der Waals surface area contributed by atoms with E-state index in [1.807, 2.05) is 30.3 Å². The van der Waals surface area contributed by atoms with E-state index in [1.165, 1.54) is 0 Å². The number of piperidine rings is 1. The zero-order valence-corrected chi connectivity index (χ0v) is 11.8. The lowest BCUT2D eigenvalue weighted by Gasteiger charge is -2.34. The summed E-state index contributed by atoms with van der Waals surface area (Å²) < 4.78 is 0. The first-order valence-electron chi connectivity index (χ1n) is 7.31. The molecule has 2 N–H and O–H groups in total. The number of benzene rings is 1. The number of pyridine rings is 1. The third-order valence-electron chi connectivity index (χ3n) is 3.95. The van der Waals surface area contributed by atoms with Crippen LogP contribution in [0.2, 0.25) is 0 Å². The Hall–Kier alpha value is -2.14. The van der Waals surface area contributed by atoms with E-state index in [2.05, 4.69) is 10.3 Å². The largest absolute Gasteiger partial charge is 0.394 e. The number of hydrogen-bond acceptors (Lipinski definition) is 3. The number of carbonyl (C=O) groups excluding carboxylic acids is 1. The fourth-order valence-corrected chi connectivity index (χ4v) is 2.81. The zero-order chi connectivity index (χ0) is 14.7. The lowest BCUT2D eigenvalue weighted by Crippen LogP contribution is -2.47. The molecule has 2 amide bonds. The van der Waals surface area contributed by atoms with Gasteiger partial charge in [-0.15, -0.1) is 0 Å². The predicted molar refractivity (Wildman–Crippen MR) is 82.2 cm³/mol. The molecule has 0 bridgehead atoms. The average molecular weight is 285 g/mol. The van der Waals surface area contributed by atoms with Gasteiger partial charge in [-0.1, -0.05) is 6.07 Å². The summed E-state index contributed by atoms with van der Waals surface area (Å²) in [6.07, 6.45) is 4.67. The standard InChI is InChI=1S/C16H19N3O2/c20-11-14-5-1-2-9-19(14)16(21)18-13-6-7-15-12(10-13)4-3-8-17-15/h3-4,6-8,10,14,20H,1-2,5,9,11H2,(H,18,21). The Morgan fingerprint density at radius 2 is 2.29 bits per heavy atom. The van der Waals surface area contributed by atoms with Gasteiger partial charge in [-0.3, -0.25) is 4.98 Å². The lowest BCUT2D eigenvalue weighted by atomic mass is 10.0. The van der Waals surface area contributed by atoms with Gasteiger partial charge in [0.25, 0.3) is 0 Å². The van der Waals surface area contributed by atoms with Gasteiger partial charge >= 0.3 is 6.03 Å². The first-order chi connectivity index (χ1) is 10.3. The molecule has 0 saturated carbocycles. The predicted octanol–water partition coefficient (Wildman–Crippen LogP) is 2.61. The topological polar surface area (TPSA) is 65.5 Å². The molecular formula is C16H19N3O2. The van der Waals surface area contributed by atoms with Crippen LogP contribution in [0.15, 0.2) is 36.5 Å². The summed E-state index contributed by atoms with van der Waals surface area (Å²) >= 11 is 0. The molecule has 21 heavy (non-hydrogen) atoms. The van der Waals surface area contributed by atoms with Gasteiger partial charge in [0.1, 0.15) is 0 Å².